The molecule has 1 heterocycles. The van der Waals surface area contributed by atoms with Crippen LogP contribution in [0, 0.1) is 0 Å². The second-order valence-electron chi connectivity index (χ2n) is 7.01. The van der Waals surface area contributed by atoms with Crippen LogP contribution >= 0.6 is 0 Å². The van der Waals surface area contributed by atoms with Crippen molar-refractivity contribution in [3.05, 3.63) is 23.8 Å². The fourth-order valence-corrected chi connectivity index (χ4v) is 2.66. The van der Waals surface area contributed by atoms with E-state index in [4.69, 9.17) is 18.8 Å². The molecule has 9 heteroatoms. The maximum Gasteiger partial charge on any atom is 0.495 e. The summed E-state index contributed by atoms with van der Waals surface area (Å²) in [6.45, 7) is 7.75. The van der Waals surface area contributed by atoms with Crippen molar-refractivity contribution in [1.29, 1.82) is 0 Å². The Morgan fingerprint density at radius 1 is 1.12 bits per heavy atom. The molecule has 0 atom stereocenters. The van der Waals surface area contributed by atoms with Gasteiger partial charge in [-0.3, -0.25) is 0 Å². The molecule has 4 nitrogen and oxygen atoms in total. The third-order valence-corrected chi connectivity index (χ3v) is 4.90. The highest BCUT2D eigenvalue weighted by atomic mass is 28.1. The molecule has 2 rings (SSSR count). The molecule has 25 heavy (non-hydrogen) atoms. The molecule has 1 fully saturated rings. The standard InChI is InChI=1S/C16H24BF3O4Si/c1-14(2)15(3,4)24-17(23-14)13-9-11(22-10-21-7-8-25)5-6-12(13)16(18,19)20/h5-6,9H,7-8,10H2,1-4,25H3. The van der Waals surface area contributed by atoms with Gasteiger partial charge in [-0.2, -0.15) is 13.2 Å². The first-order valence-corrected chi connectivity index (χ1v) is 9.66. The number of rotatable bonds is 6. The van der Waals surface area contributed by atoms with E-state index in [9.17, 15) is 13.2 Å². The summed E-state index contributed by atoms with van der Waals surface area (Å²) in [4.78, 5) is 0. The number of hydrogen-bond donors (Lipinski definition) is 0. The second-order valence-corrected chi connectivity index (χ2v) is 8.01. The van der Waals surface area contributed by atoms with E-state index in [1.165, 1.54) is 12.1 Å². The Balaban J connectivity index is 2.30. The minimum Gasteiger partial charge on any atom is -0.468 e. The van der Waals surface area contributed by atoms with Gasteiger partial charge < -0.3 is 18.8 Å². The van der Waals surface area contributed by atoms with Crippen LogP contribution in [0.4, 0.5) is 13.2 Å². The highest BCUT2D eigenvalue weighted by molar-refractivity contribution is 6.62. The maximum atomic E-state index is 13.4. The highest BCUT2D eigenvalue weighted by Gasteiger charge is 2.53. The van der Waals surface area contributed by atoms with E-state index in [0.717, 1.165) is 22.4 Å². The summed E-state index contributed by atoms with van der Waals surface area (Å²) in [6.07, 6.45) is -4.51. The summed E-state index contributed by atoms with van der Waals surface area (Å²) in [5, 5.41) is 0. The molecule has 0 saturated carbocycles. The quantitative estimate of drug-likeness (QED) is 0.433. The topological polar surface area (TPSA) is 36.9 Å². The van der Waals surface area contributed by atoms with Crippen molar-refractivity contribution in [2.75, 3.05) is 13.4 Å². The van der Waals surface area contributed by atoms with E-state index in [1.54, 1.807) is 27.7 Å². The lowest BCUT2D eigenvalue weighted by Gasteiger charge is -2.32. The lowest BCUT2D eigenvalue weighted by molar-refractivity contribution is -0.136. The van der Waals surface area contributed by atoms with Crippen LogP contribution in [-0.2, 0) is 20.2 Å². The molecule has 0 unspecified atom stereocenters. The lowest BCUT2D eigenvalue weighted by Crippen LogP contribution is -2.41. The Kier molecular flexibility index (Phi) is 5.92. The maximum absolute atomic E-state index is 13.4. The Labute approximate surface area is 149 Å². The molecule has 0 aliphatic carbocycles. The molecule has 0 N–H and O–H groups in total. The zero-order valence-corrected chi connectivity index (χ0v) is 17.2. The van der Waals surface area contributed by atoms with Crippen LogP contribution in [0.1, 0.15) is 33.3 Å². The van der Waals surface area contributed by atoms with Gasteiger partial charge in [0.05, 0.1) is 16.8 Å². The first kappa shape index (κ1) is 20.3. The lowest BCUT2D eigenvalue weighted by atomic mass is 9.75. The normalized spacial score (nSPS) is 19.4. The van der Waals surface area contributed by atoms with Crippen molar-refractivity contribution >= 4 is 22.8 Å². The van der Waals surface area contributed by atoms with Gasteiger partial charge in [-0.1, -0.05) is 0 Å². The zero-order chi connectivity index (χ0) is 18.9. The summed E-state index contributed by atoms with van der Waals surface area (Å²) in [7, 11) is -0.0932. The predicted octanol–water partition coefficient (Wildman–Crippen LogP) is 2.14. The molecule has 1 aliphatic rings. The monoisotopic (exact) mass is 376 g/mol. The Morgan fingerprint density at radius 3 is 2.24 bits per heavy atom. The largest absolute Gasteiger partial charge is 0.495 e. The van der Waals surface area contributed by atoms with Gasteiger partial charge in [0, 0.05) is 16.8 Å². The Hall–Kier alpha value is -1.03. The minimum absolute atomic E-state index is 0.00356. The molecule has 1 aliphatic heterocycles. The van der Waals surface area contributed by atoms with Crippen LogP contribution in [0.5, 0.6) is 5.75 Å². The van der Waals surface area contributed by atoms with Crippen LogP contribution < -0.4 is 10.2 Å². The van der Waals surface area contributed by atoms with Gasteiger partial charge >= 0.3 is 13.3 Å². The first-order valence-electron chi connectivity index (χ1n) is 8.25. The average molecular weight is 376 g/mol. The van der Waals surface area contributed by atoms with Gasteiger partial charge in [0.15, 0.2) is 6.79 Å². The zero-order valence-electron chi connectivity index (χ0n) is 15.2. The summed E-state index contributed by atoms with van der Waals surface area (Å²) in [5.41, 5.74) is -2.35. The molecule has 1 aromatic rings. The van der Waals surface area contributed by atoms with Gasteiger partial charge in [-0.25, -0.2) is 0 Å². The summed E-state index contributed by atoms with van der Waals surface area (Å²) < 4.78 is 62.4. The van der Waals surface area contributed by atoms with Crippen molar-refractivity contribution in [3.63, 3.8) is 0 Å². The fraction of sp³-hybridized carbons (Fsp3) is 0.625. The summed E-state index contributed by atoms with van der Waals surface area (Å²) >= 11 is 0. The fourth-order valence-electron chi connectivity index (χ4n) is 2.37. The second kappa shape index (κ2) is 7.30. The average Bonchev–Trinajstić information content (AvgIpc) is 2.71. The third-order valence-electron chi connectivity index (χ3n) is 4.49. The molecular formula is C16H24BF3O4Si. The van der Waals surface area contributed by atoms with E-state index in [2.05, 4.69) is 0 Å². The number of halogens is 3. The number of alkyl halides is 3. The van der Waals surface area contributed by atoms with Crippen LogP contribution in [0.15, 0.2) is 18.2 Å². The minimum atomic E-state index is -4.51. The van der Waals surface area contributed by atoms with E-state index >= 15 is 0 Å². The molecule has 0 amide bonds. The number of hydrogen-bond acceptors (Lipinski definition) is 4. The number of ether oxygens (including phenoxy) is 2. The molecule has 1 saturated heterocycles. The van der Waals surface area contributed by atoms with Gasteiger partial charge in [0.1, 0.15) is 5.75 Å². The number of benzene rings is 1. The van der Waals surface area contributed by atoms with Gasteiger partial charge in [-0.15, -0.1) is 0 Å². The van der Waals surface area contributed by atoms with Crippen molar-refractivity contribution < 1.29 is 32.0 Å². The van der Waals surface area contributed by atoms with E-state index in [1.807, 2.05) is 0 Å². The van der Waals surface area contributed by atoms with Crippen LogP contribution in [0.2, 0.25) is 6.04 Å². The van der Waals surface area contributed by atoms with Crippen molar-refractivity contribution in [2.45, 2.75) is 51.1 Å². The van der Waals surface area contributed by atoms with E-state index in [-0.39, 0.29) is 18.0 Å². The summed E-state index contributed by atoms with van der Waals surface area (Å²) in [6, 6.07) is 4.55. The SMILES string of the molecule is CC1(C)OB(c2cc(OCOCC[SiH3])ccc2C(F)(F)F)OC1(C)C. The first-order chi connectivity index (χ1) is 11.5. The van der Waals surface area contributed by atoms with Crippen LogP contribution in [0.3, 0.4) is 0 Å². The third kappa shape index (κ3) is 4.58. The molecule has 0 aromatic heterocycles. The molecule has 0 radical (unpaired) electrons. The molecule has 140 valence electrons. The molecule has 0 bridgehead atoms. The highest BCUT2D eigenvalue weighted by Crippen LogP contribution is 2.38. The van der Waals surface area contributed by atoms with Crippen LogP contribution in [0.25, 0.3) is 0 Å². The molecule has 1 aromatic carbocycles. The smallest absolute Gasteiger partial charge is 0.468 e. The van der Waals surface area contributed by atoms with Gasteiger partial charge in [-0.05, 0) is 57.4 Å². The van der Waals surface area contributed by atoms with Gasteiger partial charge in [0.2, 0.25) is 0 Å². The van der Waals surface area contributed by atoms with Crippen LogP contribution in [-0.4, -0.2) is 42.0 Å². The molecule has 0 spiro atoms. The van der Waals surface area contributed by atoms with Gasteiger partial charge in [0.25, 0.3) is 0 Å². The Morgan fingerprint density at radius 2 is 1.72 bits per heavy atom. The van der Waals surface area contributed by atoms with Crippen molar-refractivity contribution in [3.8, 4) is 5.75 Å². The predicted molar refractivity (Wildman–Crippen MR) is 93.4 cm³/mol. The van der Waals surface area contributed by atoms with E-state index in [0.29, 0.717) is 6.61 Å². The molecular weight excluding hydrogens is 352 g/mol. The Bertz CT molecular complexity index is 592. The van der Waals surface area contributed by atoms with Crippen molar-refractivity contribution in [2.24, 2.45) is 0 Å². The van der Waals surface area contributed by atoms with Crippen molar-refractivity contribution in [1.82, 2.24) is 0 Å². The van der Waals surface area contributed by atoms with E-state index < -0.39 is 30.1 Å². The summed E-state index contributed by atoms with van der Waals surface area (Å²) in [5.74, 6) is 0.283.